The molecule has 0 amide bonds. The van der Waals surface area contributed by atoms with E-state index < -0.39 is 0 Å². The van der Waals surface area contributed by atoms with E-state index in [1.165, 1.54) is 0 Å². The molecule has 0 fully saturated rings. The minimum absolute atomic E-state index is 0.0139. The van der Waals surface area contributed by atoms with Gasteiger partial charge in [0.1, 0.15) is 11.5 Å². The summed E-state index contributed by atoms with van der Waals surface area (Å²) in [6, 6.07) is 3.61. The highest BCUT2D eigenvalue weighted by molar-refractivity contribution is 5.92. The van der Waals surface area contributed by atoms with Gasteiger partial charge in [-0.25, -0.2) is 0 Å². The Morgan fingerprint density at radius 3 is 2.33 bits per heavy atom. The van der Waals surface area contributed by atoms with Crippen LogP contribution < -0.4 is 5.73 Å². The summed E-state index contributed by atoms with van der Waals surface area (Å²) >= 11 is 0. The molecule has 0 aliphatic carbocycles. The van der Waals surface area contributed by atoms with Crippen LogP contribution in [0.5, 0.6) is 0 Å². The molecule has 12 heavy (non-hydrogen) atoms. The van der Waals surface area contributed by atoms with E-state index in [0.717, 1.165) is 5.56 Å². The molecule has 0 spiro atoms. The molecule has 0 radical (unpaired) electrons. The van der Waals surface area contributed by atoms with Gasteiger partial charge in [-0.3, -0.25) is 10.4 Å². The van der Waals surface area contributed by atoms with Gasteiger partial charge in [-0.15, -0.1) is 0 Å². The topological polar surface area (TPSA) is 62.8 Å². The number of nitrogen functional groups attached to an aromatic ring is 1. The number of nitrogens with zero attached hydrogens (tertiary/aromatic N) is 1. The summed E-state index contributed by atoms with van der Waals surface area (Å²) in [4.78, 5) is 3.93. The number of rotatable bonds is 1. The van der Waals surface area contributed by atoms with Gasteiger partial charge in [-0.05, 0) is 18.6 Å². The summed E-state index contributed by atoms with van der Waals surface area (Å²) < 4.78 is 0. The first kappa shape index (κ1) is 10.6. The second-order valence-electron chi connectivity index (χ2n) is 2.13. The Morgan fingerprint density at radius 2 is 2.00 bits per heavy atom. The zero-order valence-electron chi connectivity index (χ0n) is 7.76. The molecular weight excluding hydrogens is 150 g/mol. The molecule has 0 unspecified atom stereocenters. The summed E-state index contributed by atoms with van der Waals surface area (Å²) in [6.45, 7) is 5.94. The third-order valence-corrected chi connectivity index (χ3v) is 1.19. The van der Waals surface area contributed by atoms with Gasteiger partial charge in [0, 0.05) is 6.20 Å². The Bertz CT molecular complexity index is 238. The maximum atomic E-state index is 7.02. The van der Waals surface area contributed by atoms with Crippen molar-refractivity contribution in [2.24, 2.45) is 5.73 Å². The lowest BCUT2D eigenvalue weighted by Crippen LogP contribution is -2.12. The zero-order valence-corrected chi connectivity index (χ0v) is 7.76. The highest BCUT2D eigenvalue weighted by atomic mass is 14.8. The highest BCUT2D eigenvalue weighted by Gasteiger charge is 1.94. The fourth-order valence-corrected chi connectivity index (χ4v) is 0.627. The molecular formula is C9H15N3. The molecule has 0 saturated carbocycles. The van der Waals surface area contributed by atoms with E-state index in [1.807, 2.05) is 26.8 Å². The third kappa shape index (κ3) is 3.14. The fourth-order valence-electron chi connectivity index (χ4n) is 0.627. The Balaban J connectivity index is 0.000000561. The van der Waals surface area contributed by atoms with E-state index in [-0.39, 0.29) is 5.84 Å². The van der Waals surface area contributed by atoms with E-state index in [2.05, 4.69) is 4.98 Å². The molecule has 66 valence electrons. The first-order valence-corrected chi connectivity index (χ1v) is 3.97. The van der Waals surface area contributed by atoms with Crippen molar-refractivity contribution in [3.05, 3.63) is 29.6 Å². The predicted molar refractivity (Wildman–Crippen MR) is 51.3 cm³/mol. The maximum absolute atomic E-state index is 7.02. The lowest BCUT2D eigenvalue weighted by Gasteiger charge is -1.95. The molecule has 3 heteroatoms. The van der Waals surface area contributed by atoms with Crippen LogP contribution in [0.2, 0.25) is 0 Å². The van der Waals surface area contributed by atoms with E-state index >= 15 is 0 Å². The van der Waals surface area contributed by atoms with Crippen molar-refractivity contribution in [3.8, 4) is 0 Å². The largest absolute Gasteiger partial charge is 0.382 e. The first-order valence-electron chi connectivity index (χ1n) is 3.97. The SMILES string of the molecule is CC.Cc1ccc(C(=N)N)nc1. The van der Waals surface area contributed by atoms with Crippen molar-refractivity contribution in [3.63, 3.8) is 0 Å². The first-order chi connectivity index (χ1) is 5.70. The Kier molecular flexibility index (Phi) is 4.69. The van der Waals surface area contributed by atoms with Gasteiger partial charge in [-0.2, -0.15) is 0 Å². The molecule has 3 N–H and O–H groups in total. The van der Waals surface area contributed by atoms with Crippen molar-refractivity contribution in [1.29, 1.82) is 5.41 Å². The molecule has 3 nitrogen and oxygen atoms in total. The van der Waals surface area contributed by atoms with Crippen LogP contribution in [0.25, 0.3) is 0 Å². The lowest BCUT2D eigenvalue weighted by molar-refractivity contribution is 1.22. The minimum Gasteiger partial charge on any atom is -0.382 e. The van der Waals surface area contributed by atoms with Crippen LogP contribution in [-0.2, 0) is 0 Å². The minimum atomic E-state index is 0.0139. The van der Waals surface area contributed by atoms with Crippen molar-refractivity contribution in [1.82, 2.24) is 4.98 Å². The van der Waals surface area contributed by atoms with Crippen LogP contribution in [0.4, 0.5) is 0 Å². The average Bonchev–Trinajstić information content (AvgIpc) is 2.09. The summed E-state index contributed by atoms with van der Waals surface area (Å²) in [5.41, 5.74) is 6.79. The van der Waals surface area contributed by atoms with Gasteiger partial charge in [-0.1, -0.05) is 19.9 Å². The van der Waals surface area contributed by atoms with Crippen molar-refractivity contribution in [2.45, 2.75) is 20.8 Å². The third-order valence-electron chi connectivity index (χ3n) is 1.19. The quantitative estimate of drug-likeness (QED) is 0.491. The van der Waals surface area contributed by atoms with Gasteiger partial charge < -0.3 is 5.73 Å². The molecule has 1 rings (SSSR count). The fraction of sp³-hybridized carbons (Fsp3) is 0.333. The zero-order chi connectivity index (χ0) is 9.56. The number of aromatic nitrogens is 1. The monoisotopic (exact) mass is 165 g/mol. The number of nitrogens with two attached hydrogens (primary N) is 1. The Hall–Kier alpha value is -1.38. The molecule has 0 aliphatic heterocycles. The van der Waals surface area contributed by atoms with Gasteiger partial charge in [0.05, 0.1) is 0 Å². The summed E-state index contributed by atoms with van der Waals surface area (Å²) in [5.74, 6) is 0.0139. The van der Waals surface area contributed by atoms with Gasteiger partial charge >= 0.3 is 0 Å². The predicted octanol–water partition coefficient (Wildman–Crippen LogP) is 1.70. The molecule has 0 aromatic carbocycles. The van der Waals surface area contributed by atoms with Crippen LogP contribution >= 0.6 is 0 Å². The normalized spacial score (nSPS) is 8.25. The second kappa shape index (κ2) is 5.29. The number of aryl methyl sites for hydroxylation is 1. The Morgan fingerprint density at radius 1 is 1.42 bits per heavy atom. The summed E-state index contributed by atoms with van der Waals surface area (Å²) in [7, 11) is 0. The van der Waals surface area contributed by atoms with Crippen LogP contribution in [0.3, 0.4) is 0 Å². The number of nitrogens with one attached hydrogen (secondary N) is 1. The number of hydrogen-bond acceptors (Lipinski definition) is 2. The van der Waals surface area contributed by atoms with Gasteiger partial charge in [0.2, 0.25) is 0 Å². The van der Waals surface area contributed by atoms with Crippen LogP contribution in [0.15, 0.2) is 18.3 Å². The van der Waals surface area contributed by atoms with Crippen molar-refractivity contribution >= 4 is 5.84 Å². The maximum Gasteiger partial charge on any atom is 0.141 e. The van der Waals surface area contributed by atoms with Crippen LogP contribution in [0.1, 0.15) is 25.1 Å². The molecule has 1 heterocycles. The number of pyridine rings is 1. The second-order valence-corrected chi connectivity index (χ2v) is 2.13. The molecule has 0 aliphatic rings. The molecule has 1 aromatic rings. The molecule has 0 bridgehead atoms. The van der Waals surface area contributed by atoms with Crippen molar-refractivity contribution < 1.29 is 0 Å². The van der Waals surface area contributed by atoms with Crippen LogP contribution in [0, 0.1) is 12.3 Å². The van der Waals surface area contributed by atoms with Gasteiger partial charge in [0.25, 0.3) is 0 Å². The summed E-state index contributed by atoms with van der Waals surface area (Å²) in [6.07, 6.45) is 1.69. The average molecular weight is 165 g/mol. The van der Waals surface area contributed by atoms with Gasteiger partial charge in [0.15, 0.2) is 0 Å². The number of amidine groups is 1. The molecule has 0 atom stereocenters. The van der Waals surface area contributed by atoms with E-state index in [0.29, 0.717) is 5.69 Å². The summed E-state index contributed by atoms with van der Waals surface area (Å²) in [5, 5.41) is 7.02. The van der Waals surface area contributed by atoms with E-state index in [9.17, 15) is 0 Å². The standard InChI is InChI=1S/C7H9N3.C2H6/c1-5-2-3-6(7(8)9)10-4-5;1-2/h2-4H,1H3,(H3,8,9);1-2H3. The lowest BCUT2D eigenvalue weighted by atomic mass is 10.3. The van der Waals surface area contributed by atoms with E-state index in [4.69, 9.17) is 11.1 Å². The molecule has 1 aromatic heterocycles. The molecule has 0 saturated heterocycles. The van der Waals surface area contributed by atoms with E-state index in [1.54, 1.807) is 12.3 Å². The smallest absolute Gasteiger partial charge is 0.141 e. The number of hydrogen-bond donors (Lipinski definition) is 2. The van der Waals surface area contributed by atoms with Crippen molar-refractivity contribution in [2.75, 3.05) is 0 Å². The highest BCUT2D eigenvalue weighted by Crippen LogP contribution is 1.96. The Labute approximate surface area is 73.1 Å². The van der Waals surface area contributed by atoms with Crippen LogP contribution in [-0.4, -0.2) is 10.8 Å².